The number of hydrogen-bond acceptors (Lipinski definition) is 2. The lowest BCUT2D eigenvalue weighted by Crippen LogP contribution is -2.32. The molecule has 1 atom stereocenters. The van der Waals surface area contributed by atoms with Gasteiger partial charge in [0.25, 0.3) is 5.91 Å². The van der Waals surface area contributed by atoms with Crippen LogP contribution in [0, 0.1) is 20.8 Å². The molecule has 0 saturated carbocycles. The summed E-state index contributed by atoms with van der Waals surface area (Å²) in [6.07, 6.45) is 0.0364. The van der Waals surface area contributed by atoms with Crippen LogP contribution in [0.4, 0.5) is 5.69 Å². The number of anilines is 1. The zero-order chi connectivity index (χ0) is 17.0. The normalized spacial score (nSPS) is 11.9. The second-order valence-electron chi connectivity index (χ2n) is 5.67. The van der Waals surface area contributed by atoms with Crippen molar-refractivity contribution < 1.29 is 9.53 Å². The third-order valence-corrected chi connectivity index (χ3v) is 4.33. The maximum Gasteiger partial charge on any atom is 0.265 e. The number of halogens is 1. The lowest BCUT2D eigenvalue weighted by Gasteiger charge is -2.19. The highest BCUT2D eigenvalue weighted by Crippen LogP contribution is 2.24. The van der Waals surface area contributed by atoms with Crippen molar-refractivity contribution >= 4 is 23.2 Å². The molecular weight excluding hydrogens is 310 g/mol. The molecule has 0 fully saturated rings. The summed E-state index contributed by atoms with van der Waals surface area (Å²) in [7, 11) is 0. The summed E-state index contributed by atoms with van der Waals surface area (Å²) in [5.74, 6) is 0.572. The van der Waals surface area contributed by atoms with Gasteiger partial charge in [0.05, 0.1) is 0 Å². The number of ether oxygens (including phenoxy) is 1. The van der Waals surface area contributed by atoms with E-state index in [1.807, 2.05) is 58.0 Å². The molecule has 0 aliphatic carbocycles. The molecule has 0 aliphatic heterocycles. The van der Waals surface area contributed by atoms with E-state index in [0.29, 0.717) is 17.1 Å². The van der Waals surface area contributed by atoms with Crippen molar-refractivity contribution in [1.29, 1.82) is 0 Å². The number of nitrogens with one attached hydrogen (secondary N) is 1. The van der Waals surface area contributed by atoms with Crippen LogP contribution in [0.1, 0.15) is 30.0 Å². The summed E-state index contributed by atoms with van der Waals surface area (Å²) in [4.78, 5) is 12.5. The van der Waals surface area contributed by atoms with Crippen LogP contribution in [0.5, 0.6) is 5.75 Å². The Morgan fingerprint density at radius 2 is 1.91 bits per heavy atom. The number of carbonyl (C=O) groups excluding carboxylic acids is 1. The number of aryl methyl sites for hydroxylation is 2. The number of hydrogen-bond donors (Lipinski definition) is 1. The summed E-state index contributed by atoms with van der Waals surface area (Å²) in [6, 6.07) is 11.3. The van der Waals surface area contributed by atoms with Crippen molar-refractivity contribution in [1.82, 2.24) is 0 Å². The first-order valence-corrected chi connectivity index (χ1v) is 8.10. The minimum absolute atomic E-state index is 0.173. The summed E-state index contributed by atoms with van der Waals surface area (Å²) in [5, 5.41) is 3.50. The molecule has 2 aromatic carbocycles. The van der Waals surface area contributed by atoms with Gasteiger partial charge in [-0.25, -0.2) is 0 Å². The molecule has 2 rings (SSSR count). The van der Waals surface area contributed by atoms with Crippen LogP contribution in [0.25, 0.3) is 0 Å². The average Bonchev–Trinajstić information content (AvgIpc) is 2.52. The smallest absolute Gasteiger partial charge is 0.265 e. The van der Waals surface area contributed by atoms with E-state index in [9.17, 15) is 4.79 Å². The molecule has 1 N–H and O–H groups in total. The van der Waals surface area contributed by atoms with Gasteiger partial charge in [0.2, 0.25) is 0 Å². The van der Waals surface area contributed by atoms with Crippen LogP contribution in [0.15, 0.2) is 36.4 Å². The van der Waals surface area contributed by atoms with E-state index in [1.54, 1.807) is 6.07 Å². The highest BCUT2D eigenvalue weighted by Gasteiger charge is 2.19. The lowest BCUT2D eigenvalue weighted by molar-refractivity contribution is -0.122. The topological polar surface area (TPSA) is 38.3 Å². The largest absolute Gasteiger partial charge is 0.480 e. The molecule has 23 heavy (non-hydrogen) atoms. The highest BCUT2D eigenvalue weighted by atomic mass is 35.5. The van der Waals surface area contributed by atoms with E-state index in [4.69, 9.17) is 16.3 Å². The molecule has 0 saturated heterocycles. The molecule has 1 amide bonds. The van der Waals surface area contributed by atoms with Gasteiger partial charge in [-0.1, -0.05) is 36.7 Å². The predicted octanol–water partition coefficient (Wildman–Crippen LogP) is 5.06. The highest BCUT2D eigenvalue weighted by molar-refractivity contribution is 6.31. The summed E-state index contributed by atoms with van der Waals surface area (Å²) in [5.41, 5.74) is 3.84. The molecule has 0 heterocycles. The molecule has 0 aliphatic rings. The summed E-state index contributed by atoms with van der Waals surface area (Å²) >= 11 is 6.10. The molecule has 122 valence electrons. The zero-order valence-electron chi connectivity index (χ0n) is 13.9. The Balaban J connectivity index is 2.12. The monoisotopic (exact) mass is 331 g/mol. The second-order valence-corrected chi connectivity index (χ2v) is 6.07. The molecular formula is C19H22ClNO2. The van der Waals surface area contributed by atoms with Crippen LogP contribution < -0.4 is 10.1 Å². The maximum absolute atomic E-state index is 12.5. The van der Waals surface area contributed by atoms with Crippen molar-refractivity contribution in [2.24, 2.45) is 0 Å². The summed E-state index contributed by atoms with van der Waals surface area (Å²) < 4.78 is 5.92. The van der Waals surface area contributed by atoms with Crippen molar-refractivity contribution in [2.45, 2.75) is 40.2 Å². The van der Waals surface area contributed by atoms with Gasteiger partial charge in [-0.3, -0.25) is 4.79 Å². The maximum atomic E-state index is 12.5. The van der Waals surface area contributed by atoms with E-state index in [2.05, 4.69) is 5.32 Å². The van der Waals surface area contributed by atoms with Gasteiger partial charge in [-0.2, -0.15) is 0 Å². The zero-order valence-corrected chi connectivity index (χ0v) is 14.7. The Hall–Kier alpha value is -2.00. The van der Waals surface area contributed by atoms with E-state index >= 15 is 0 Å². The number of rotatable bonds is 5. The number of amides is 1. The standard InChI is InChI=1S/C19H22ClNO2/c1-5-17(23-18-8-6-7-12(2)14(18)4)19(22)21-15-10-9-13(3)16(20)11-15/h6-11,17H,5H2,1-4H3,(H,21,22). The first-order chi connectivity index (χ1) is 10.9. The van der Waals surface area contributed by atoms with Crippen molar-refractivity contribution in [3.8, 4) is 5.75 Å². The lowest BCUT2D eigenvalue weighted by atomic mass is 10.1. The van der Waals surface area contributed by atoms with Gasteiger partial charge < -0.3 is 10.1 Å². The van der Waals surface area contributed by atoms with Crippen molar-refractivity contribution in [3.63, 3.8) is 0 Å². The van der Waals surface area contributed by atoms with Gasteiger partial charge in [0.15, 0.2) is 6.10 Å². The third kappa shape index (κ3) is 4.26. The molecule has 1 unspecified atom stereocenters. The first kappa shape index (κ1) is 17.4. The molecule has 2 aromatic rings. The molecule has 4 heteroatoms. The van der Waals surface area contributed by atoms with Gasteiger partial charge in [0.1, 0.15) is 5.75 Å². The molecule has 0 radical (unpaired) electrons. The van der Waals surface area contributed by atoms with Crippen molar-refractivity contribution in [2.75, 3.05) is 5.32 Å². The molecule has 3 nitrogen and oxygen atoms in total. The minimum Gasteiger partial charge on any atom is -0.480 e. The Bertz CT molecular complexity index is 713. The van der Waals surface area contributed by atoms with E-state index in [-0.39, 0.29) is 5.91 Å². The van der Waals surface area contributed by atoms with Crippen molar-refractivity contribution in [3.05, 3.63) is 58.1 Å². The average molecular weight is 332 g/mol. The number of carbonyl (C=O) groups is 1. The van der Waals surface area contributed by atoms with Crippen LogP contribution in [-0.2, 0) is 4.79 Å². The fraction of sp³-hybridized carbons (Fsp3) is 0.316. The Morgan fingerprint density at radius 3 is 2.57 bits per heavy atom. The van der Waals surface area contributed by atoms with Gasteiger partial charge in [-0.05, 0) is 62.1 Å². The van der Waals surface area contributed by atoms with Gasteiger partial charge in [0, 0.05) is 10.7 Å². The van der Waals surface area contributed by atoms with Gasteiger partial charge >= 0.3 is 0 Å². The van der Waals surface area contributed by atoms with Crippen LogP contribution in [0.2, 0.25) is 5.02 Å². The molecule has 0 aromatic heterocycles. The summed E-state index contributed by atoms with van der Waals surface area (Å²) in [6.45, 7) is 7.87. The minimum atomic E-state index is -0.546. The van der Waals surface area contributed by atoms with Gasteiger partial charge in [-0.15, -0.1) is 0 Å². The number of benzene rings is 2. The fourth-order valence-electron chi connectivity index (χ4n) is 2.22. The molecule has 0 spiro atoms. The Labute approximate surface area is 142 Å². The van der Waals surface area contributed by atoms with Crippen LogP contribution in [0.3, 0.4) is 0 Å². The second kappa shape index (κ2) is 7.51. The van der Waals surface area contributed by atoms with Crippen LogP contribution in [-0.4, -0.2) is 12.0 Å². The Morgan fingerprint density at radius 1 is 1.17 bits per heavy atom. The van der Waals surface area contributed by atoms with Crippen LogP contribution >= 0.6 is 11.6 Å². The fourth-order valence-corrected chi connectivity index (χ4v) is 2.40. The first-order valence-electron chi connectivity index (χ1n) is 7.72. The molecule has 0 bridgehead atoms. The Kier molecular flexibility index (Phi) is 5.67. The van der Waals surface area contributed by atoms with E-state index < -0.39 is 6.10 Å². The quantitative estimate of drug-likeness (QED) is 0.831. The SMILES string of the molecule is CCC(Oc1cccc(C)c1C)C(=O)Nc1ccc(C)c(Cl)c1. The third-order valence-electron chi connectivity index (χ3n) is 3.93. The van der Waals surface area contributed by atoms with E-state index in [1.165, 1.54) is 0 Å². The van der Waals surface area contributed by atoms with E-state index in [0.717, 1.165) is 22.4 Å². The predicted molar refractivity (Wildman–Crippen MR) is 95.4 cm³/mol.